The molecule has 0 atom stereocenters. The zero-order chi connectivity index (χ0) is 12.9. The Kier molecular flexibility index (Phi) is 4.27. The smallest absolute Gasteiger partial charge is 0.0255 e. The summed E-state index contributed by atoms with van der Waals surface area (Å²) in [5.74, 6) is 0. The van der Waals surface area contributed by atoms with Crippen molar-refractivity contribution in [3.63, 3.8) is 0 Å². The monoisotopic (exact) mass is 269 g/mol. The molecule has 0 saturated heterocycles. The van der Waals surface area contributed by atoms with Crippen molar-refractivity contribution in [3.05, 3.63) is 60.7 Å². The van der Waals surface area contributed by atoms with Crippen molar-refractivity contribution in [2.45, 2.75) is 31.7 Å². The van der Waals surface area contributed by atoms with Crippen LogP contribution >= 0.6 is 8.07 Å². The molecule has 98 valence electrons. The Bertz CT molecular complexity index is 452. The molecule has 0 heterocycles. The van der Waals surface area contributed by atoms with Crippen LogP contribution in [0.2, 0.25) is 0 Å². The van der Waals surface area contributed by atoms with Gasteiger partial charge in [-0.1, -0.05) is 73.5 Å². The van der Waals surface area contributed by atoms with Gasteiger partial charge in [-0.15, -0.1) is 0 Å². The maximum Gasteiger partial charge on any atom is 0.0255 e. The first kappa shape index (κ1) is 12.8. The molecule has 0 unspecified atom stereocenters. The van der Waals surface area contributed by atoms with E-state index in [-0.39, 0.29) is 0 Å². The van der Waals surface area contributed by atoms with Crippen molar-refractivity contribution >= 4 is 18.7 Å². The van der Waals surface area contributed by atoms with Crippen molar-refractivity contribution in [3.8, 4) is 0 Å². The highest BCUT2D eigenvalue weighted by atomic mass is 31.1. The van der Waals surface area contributed by atoms with E-state index in [1.807, 2.05) is 0 Å². The van der Waals surface area contributed by atoms with Gasteiger partial charge in [-0.2, -0.15) is 0 Å². The lowest BCUT2D eigenvalue weighted by Gasteiger charge is -2.23. The van der Waals surface area contributed by atoms with E-state index in [1.165, 1.54) is 36.3 Å². The molecule has 0 bridgehead atoms. The molecule has 1 nitrogen and oxygen atoms in total. The molecule has 3 rings (SSSR count). The molecular formula is C17H20NP. The van der Waals surface area contributed by atoms with Crippen LogP contribution in [-0.4, -0.2) is 6.04 Å². The third-order valence-electron chi connectivity index (χ3n) is 3.70. The fourth-order valence-corrected chi connectivity index (χ4v) is 4.85. The lowest BCUT2D eigenvalue weighted by molar-refractivity contribution is 0.653. The first-order valence-electron chi connectivity index (χ1n) is 7.10. The average Bonchev–Trinajstić information content (AvgIpc) is 3.00. The predicted octanol–water partition coefficient (Wildman–Crippen LogP) is 3.57. The van der Waals surface area contributed by atoms with E-state index < -0.39 is 8.07 Å². The number of rotatable bonds is 4. The minimum Gasteiger partial charge on any atom is -0.285 e. The van der Waals surface area contributed by atoms with Gasteiger partial charge in [0.2, 0.25) is 0 Å². The van der Waals surface area contributed by atoms with Crippen LogP contribution in [-0.2, 0) is 0 Å². The van der Waals surface area contributed by atoms with Crippen molar-refractivity contribution < 1.29 is 0 Å². The molecule has 2 aromatic carbocycles. The summed E-state index contributed by atoms with van der Waals surface area (Å²) < 4.78 is 0. The second kappa shape index (κ2) is 6.32. The van der Waals surface area contributed by atoms with Crippen LogP contribution < -0.4 is 15.7 Å². The van der Waals surface area contributed by atoms with Gasteiger partial charge < -0.3 is 0 Å². The van der Waals surface area contributed by atoms with Gasteiger partial charge in [-0.05, 0) is 23.5 Å². The molecule has 1 fully saturated rings. The van der Waals surface area contributed by atoms with Crippen LogP contribution in [0.5, 0.6) is 0 Å². The molecule has 0 aliphatic heterocycles. The van der Waals surface area contributed by atoms with Crippen molar-refractivity contribution in [1.82, 2.24) is 5.09 Å². The Balaban J connectivity index is 1.87. The maximum atomic E-state index is 3.91. The molecule has 0 spiro atoms. The van der Waals surface area contributed by atoms with E-state index in [9.17, 15) is 0 Å². The van der Waals surface area contributed by atoms with Gasteiger partial charge in [0.15, 0.2) is 0 Å². The summed E-state index contributed by atoms with van der Waals surface area (Å²) in [6, 6.07) is 22.5. The lowest BCUT2D eigenvalue weighted by Crippen LogP contribution is -2.30. The SMILES string of the molecule is c1ccc(P(NC2CCCC2)c2ccccc2)cc1. The fraction of sp³-hybridized carbons (Fsp3) is 0.294. The molecule has 0 amide bonds. The van der Waals surface area contributed by atoms with Crippen molar-refractivity contribution in [1.29, 1.82) is 0 Å². The topological polar surface area (TPSA) is 12.0 Å². The second-order valence-corrected chi connectivity index (χ2v) is 7.08. The Morgan fingerprint density at radius 2 is 1.21 bits per heavy atom. The zero-order valence-corrected chi connectivity index (χ0v) is 12.0. The van der Waals surface area contributed by atoms with Crippen LogP contribution in [0.3, 0.4) is 0 Å². The summed E-state index contributed by atoms with van der Waals surface area (Å²) in [7, 11) is -0.412. The Morgan fingerprint density at radius 3 is 1.68 bits per heavy atom. The summed E-state index contributed by atoms with van der Waals surface area (Å²) in [5, 5.41) is 6.77. The van der Waals surface area contributed by atoms with Crippen molar-refractivity contribution in [2.75, 3.05) is 0 Å². The standard InChI is InChI=1S/C17H20NP/c1-3-11-16(12-4-1)19(17-13-5-2-6-14-17)18-15-9-7-8-10-15/h1-6,11-15,18H,7-10H2. The normalized spacial score (nSPS) is 16.1. The fourth-order valence-electron chi connectivity index (χ4n) is 2.69. The molecule has 0 aromatic heterocycles. The van der Waals surface area contributed by atoms with E-state index in [1.54, 1.807) is 0 Å². The maximum absolute atomic E-state index is 3.91. The van der Waals surface area contributed by atoms with E-state index in [0.29, 0.717) is 6.04 Å². The molecule has 19 heavy (non-hydrogen) atoms. The predicted molar refractivity (Wildman–Crippen MR) is 84.5 cm³/mol. The average molecular weight is 269 g/mol. The molecule has 2 aromatic rings. The van der Waals surface area contributed by atoms with Gasteiger partial charge in [0.1, 0.15) is 0 Å². The number of nitrogens with one attached hydrogen (secondary N) is 1. The molecular weight excluding hydrogens is 249 g/mol. The van der Waals surface area contributed by atoms with E-state index in [2.05, 4.69) is 65.8 Å². The van der Waals surface area contributed by atoms with Gasteiger partial charge >= 0.3 is 0 Å². The first-order valence-corrected chi connectivity index (χ1v) is 8.44. The Hall–Kier alpha value is -1.17. The largest absolute Gasteiger partial charge is 0.285 e. The third kappa shape index (κ3) is 3.23. The molecule has 1 aliphatic rings. The Morgan fingerprint density at radius 1 is 0.737 bits per heavy atom. The molecule has 0 radical (unpaired) electrons. The van der Waals surface area contributed by atoms with Crippen LogP contribution in [0.25, 0.3) is 0 Å². The number of benzene rings is 2. The van der Waals surface area contributed by atoms with Crippen LogP contribution in [0.15, 0.2) is 60.7 Å². The zero-order valence-electron chi connectivity index (χ0n) is 11.1. The first-order chi connectivity index (χ1) is 9.43. The molecule has 1 aliphatic carbocycles. The highest BCUT2D eigenvalue weighted by Gasteiger charge is 2.21. The van der Waals surface area contributed by atoms with Gasteiger partial charge in [-0.25, -0.2) is 0 Å². The summed E-state index contributed by atoms with van der Waals surface area (Å²) in [6.45, 7) is 0. The van der Waals surface area contributed by atoms with Crippen molar-refractivity contribution in [2.24, 2.45) is 0 Å². The number of hydrogen-bond acceptors (Lipinski definition) is 1. The molecule has 1 N–H and O–H groups in total. The lowest BCUT2D eigenvalue weighted by atomic mass is 10.3. The highest BCUT2D eigenvalue weighted by molar-refractivity contribution is 7.71. The van der Waals surface area contributed by atoms with E-state index >= 15 is 0 Å². The third-order valence-corrected chi connectivity index (χ3v) is 5.95. The summed E-state index contributed by atoms with van der Waals surface area (Å²) in [5.41, 5.74) is 0. The second-order valence-electron chi connectivity index (χ2n) is 5.12. The summed E-state index contributed by atoms with van der Waals surface area (Å²) >= 11 is 0. The van der Waals surface area contributed by atoms with Gasteiger partial charge in [0, 0.05) is 14.1 Å². The Labute approximate surface area is 116 Å². The minimum absolute atomic E-state index is 0.412. The number of hydrogen-bond donors (Lipinski definition) is 1. The van der Waals surface area contributed by atoms with Crippen LogP contribution in [0, 0.1) is 0 Å². The quantitative estimate of drug-likeness (QED) is 0.837. The minimum atomic E-state index is -0.412. The van der Waals surface area contributed by atoms with Gasteiger partial charge in [0.05, 0.1) is 0 Å². The summed E-state index contributed by atoms with van der Waals surface area (Å²) in [4.78, 5) is 0. The van der Waals surface area contributed by atoms with Crippen LogP contribution in [0.4, 0.5) is 0 Å². The van der Waals surface area contributed by atoms with E-state index in [4.69, 9.17) is 0 Å². The molecule has 1 saturated carbocycles. The highest BCUT2D eigenvalue weighted by Crippen LogP contribution is 2.32. The van der Waals surface area contributed by atoms with E-state index in [0.717, 1.165) is 0 Å². The van der Waals surface area contributed by atoms with Gasteiger partial charge in [0.25, 0.3) is 0 Å². The summed E-state index contributed by atoms with van der Waals surface area (Å²) in [6.07, 6.45) is 5.42. The molecule has 2 heteroatoms. The van der Waals surface area contributed by atoms with Crippen LogP contribution in [0.1, 0.15) is 25.7 Å². The van der Waals surface area contributed by atoms with Gasteiger partial charge in [-0.3, -0.25) is 5.09 Å².